The van der Waals surface area contributed by atoms with Crippen molar-refractivity contribution in [2.75, 3.05) is 45.1 Å². The summed E-state index contributed by atoms with van der Waals surface area (Å²) in [6.45, 7) is 1.07. The Hall–Kier alpha value is -3.26. The highest BCUT2D eigenvalue weighted by molar-refractivity contribution is 6.04. The summed E-state index contributed by atoms with van der Waals surface area (Å²) in [5, 5.41) is 3.10. The van der Waals surface area contributed by atoms with Crippen LogP contribution in [0.25, 0.3) is 0 Å². The Morgan fingerprint density at radius 2 is 1.69 bits per heavy atom. The predicted octanol–water partition coefficient (Wildman–Crippen LogP) is 4.47. The van der Waals surface area contributed by atoms with Gasteiger partial charge in [0.15, 0.2) is 11.5 Å². The maximum Gasteiger partial charge on any atom is 0.229 e. The summed E-state index contributed by atoms with van der Waals surface area (Å²) in [5.74, 6) is 0.660. The zero-order valence-electron chi connectivity index (χ0n) is 21.7. The van der Waals surface area contributed by atoms with E-state index in [0.717, 1.165) is 17.8 Å². The molecule has 1 N–H and O–H groups in total. The SMILES string of the molecule is COc1cc(N2CC(C(=O)Nc3ccccc3CN(C)C3CCCCC3)CC2=O)cc(OC)c1OC. The van der Waals surface area contributed by atoms with Crippen LogP contribution in [0.3, 0.4) is 0 Å². The van der Waals surface area contributed by atoms with Crippen molar-refractivity contribution >= 4 is 23.2 Å². The summed E-state index contributed by atoms with van der Waals surface area (Å²) >= 11 is 0. The summed E-state index contributed by atoms with van der Waals surface area (Å²) in [6.07, 6.45) is 6.49. The summed E-state index contributed by atoms with van der Waals surface area (Å²) in [5.41, 5.74) is 2.51. The lowest BCUT2D eigenvalue weighted by Gasteiger charge is -2.31. The van der Waals surface area contributed by atoms with Crippen molar-refractivity contribution in [1.29, 1.82) is 0 Å². The number of benzene rings is 2. The van der Waals surface area contributed by atoms with Gasteiger partial charge in [-0.25, -0.2) is 0 Å². The normalized spacial score (nSPS) is 18.4. The Kier molecular flexibility index (Phi) is 8.36. The number of ether oxygens (including phenoxy) is 3. The second-order valence-corrected chi connectivity index (χ2v) is 9.64. The molecule has 2 amide bonds. The lowest BCUT2D eigenvalue weighted by Crippen LogP contribution is -2.33. The van der Waals surface area contributed by atoms with Gasteiger partial charge in [-0.15, -0.1) is 0 Å². The van der Waals surface area contributed by atoms with Crippen LogP contribution < -0.4 is 24.4 Å². The van der Waals surface area contributed by atoms with E-state index in [9.17, 15) is 9.59 Å². The van der Waals surface area contributed by atoms with Gasteiger partial charge >= 0.3 is 0 Å². The van der Waals surface area contributed by atoms with Crippen LogP contribution in [0.5, 0.6) is 17.2 Å². The van der Waals surface area contributed by atoms with Gasteiger partial charge < -0.3 is 24.4 Å². The van der Waals surface area contributed by atoms with Crippen molar-refractivity contribution in [2.45, 2.75) is 51.1 Å². The number of rotatable bonds is 9. The number of para-hydroxylation sites is 1. The van der Waals surface area contributed by atoms with Crippen LogP contribution in [0.2, 0.25) is 0 Å². The van der Waals surface area contributed by atoms with Crippen molar-refractivity contribution in [3.63, 3.8) is 0 Å². The van der Waals surface area contributed by atoms with E-state index in [4.69, 9.17) is 14.2 Å². The van der Waals surface area contributed by atoms with E-state index in [1.54, 1.807) is 17.0 Å². The van der Waals surface area contributed by atoms with Gasteiger partial charge in [0.25, 0.3) is 0 Å². The third-order valence-electron chi connectivity index (χ3n) is 7.35. The molecule has 36 heavy (non-hydrogen) atoms. The topological polar surface area (TPSA) is 80.3 Å². The van der Waals surface area contributed by atoms with Crippen LogP contribution in [-0.4, -0.2) is 57.7 Å². The van der Waals surface area contributed by atoms with Crippen molar-refractivity contribution in [2.24, 2.45) is 5.92 Å². The van der Waals surface area contributed by atoms with Gasteiger partial charge in [-0.2, -0.15) is 0 Å². The van der Waals surface area contributed by atoms with E-state index >= 15 is 0 Å². The van der Waals surface area contributed by atoms with E-state index in [2.05, 4.69) is 23.3 Å². The number of methoxy groups -OCH3 is 3. The van der Waals surface area contributed by atoms with Gasteiger partial charge in [0.1, 0.15) is 0 Å². The average molecular weight is 496 g/mol. The Balaban J connectivity index is 1.46. The van der Waals surface area contributed by atoms with Crippen LogP contribution in [0.1, 0.15) is 44.1 Å². The van der Waals surface area contributed by atoms with Crippen molar-refractivity contribution in [3.05, 3.63) is 42.0 Å². The van der Waals surface area contributed by atoms with E-state index in [-0.39, 0.29) is 24.8 Å². The zero-order valence-corrected chi connectivity index (χ0v) is 21.7. The summed E-state index contributed by atoms with van der Waals surface area (Å²) in [4.78, 5) is 30.2. The van der Waals surface area contributed by atoms with E-state index < -0.39 is 5.92 Å². The minimum Gasteiger partial charge on any atom is -0.493 e. The molecule has 8 heteroatoms. The molecule has 2 aromatic rings. The first-order valence-electron chi connectivity index (χ1n) is 12.6. The molecule has 1 heterocycles. The van der Waals surface area contributed by atoms with E-state index in [1.165, 1.54) is 53.4 Å². The molecule has 1 aliphatic heterocycles. The molecule has 1 atom stereocenters. The van der Waals surface area contributed by atoms with Crippen LogP contribution in [0, 0.1) is 5.92 Å². The highest BCUT2D eigenvalue weighted by Gasteiger charge is 2.36. The first kappa shape index (κ1) is 25.8. The van der Waals surface area contributed by atoms with Crippen LogP contribution in [-0.2, 0) is 16.1 Å². The molecule has 1 unspecified atom stereocenters. The Bertz CT molecular complexity index is 1060. The fourth-order valence-electron chi connectivity index (χ4n) is 5.29. The fraction of sp³-hybridized carbons (Fsp3) is 0.500. The average Bonchev–Trinajstić information content (AvgIpc) is 3.31. The summed E-state index contributed by atoms with van der Waals surface area (Å²) in [6, 6.07) is 12.0. The smallest absolute Gasteiger partial charge is 0.229 e. The highest BCUT2D eigenvalue weighted by Crippen LogP contribution is 2.42. The molecule has 2 aromatic carbocycles. The van der Waals surface area contributed by atoms with Gasteiger partial charge in [0, 0.05) is 43.4 Å². The molecule has 4 rings (SSSR count). The van der Waals surface area contributed by atoms with Gasteiger partial charge in [-0.1, -0.05) is 37.5 Å². The van der Waals surface area contributed by atoms with Crippen molar-refractivity contribution in [3.8, 4) is 17.2 Å². The summed E-state index contributed by atoms with van der Waals surface area (Å²) in [7, 11) is 6.77. The third kappa shape index (κ3) is 5.59. The molecule has 8 nitrogen and oxygen atoms in total. The lowest BCUT2D eigenvalue weighted by molar-refractivity contribution is -0.122. The molecule has 194 valence electrons. The maximum absolute atomic E-state index is 13.3. The number of nitrogens with zero attached hydrogens (tertiary/aromatic N) is 2. The lowest BCUT2D eigenvalue weighted by atomic mass is 9.94. The minimum absolute atomic E-state index is 0.116. The van der Waals surface area contributed by atoms with Gasteiger partial charge in [0.05, 0.1) is 32.9 Å². The number of hydrogen-bond acceptors (Lipinski definition) is 6. The molecule has 0 bridgehead atoms. The standard InChI is InChI=1S/C28H37N3O5/c1-30(21-11-6-5-7-12-21)17-19-10-8-9-13-23(19)29-28(33)20-14-26(32)31(18-20)22-15-24(34-2)27(36-4)25(16-22)35-3/h8-10,13,15-16,20-21H,5-7,11-12,14,17-18H2,1-4H3,(H,29,33). The Labute approximate surface area is 213 Å². The first-order chi connectivity index (χ1) is 17.4. The van der Waals surface area contributed by atoms with Crippen LogP contribution >= 0.6 is 0 Å². The largest absolute Gasteiger partial charge is 0.493 e. The van der Waals surface area contributed by atoms with Crippen LogP contribution in [0.15, 0.2) is 36.4 Å². The maximum atomic E-state index is 13.3. The van der Waals surface area contributed by atoms with Gasteiger partial charge in [-0.3, -0.25) is 14.5 Å². The molecule has 2 aliphatic rings. The summed E-state index contributed by atoms with van der Waals surface area (Å²) < 4.78 is 16.2. The predicted molar refractivity (Wildman–Crippen MR) is 140 cm³/mol. The minimum atomic E-state index is -0.458. The molecule has 0 aromatic heterocycles. The number of amides is 2. The van der Waals surface area contributed by atoms with Gasteiger partial charge in [0.2, 0.25) is 17.6 Å². The highest BCUT2D eigenvalue weighted by atomic mass is 16.5. The van der Waals surface area contributed by atoms with E-state index in [1.807, 2.05) is 18.2 Å². The number of anilines is 2. The van der Waals surface area contributed by atoms with Crippen LogP contribution in [0.4, 0.5) is 11.4 Å². The quantitative estimate of drug-likeness (QED) is 0.553. The number of carbonyl (C=O) groups excluding carboxylic acids is 2. The molecular formula is C28H37N3O5. The molecule has 1 aliphatic carbocycles. The molecule has 1 saturated carbocycles. The second-order valence-electron chi connectivity index (χ2n) is 9.64. The zero-order chi connectivity index (χ0) is 25.7. The number of hydrogen-bond donors (Lipinski definition) is 1. The Morgan fingerprint density at radius 1 is 1.03 bits per heavy atom. The van der Waals surface area contributed by atoms with Crippen molar-refractivity contribution < 1.29 is 23.8 Å². The third-order valence-corrected chi connectivity index (χ3v) is 7.35. The first-order valence-corrected chi connectivity index (χ1v) is 12.6. The molecule has 1 saturated heterocycles. The molecule has 2 fully saturated rings. The Morgan fingerprint density at radius 3 is 2.33 bits per heavy atom. The molecule has 0 radical (unpaired) electrons. The molecular weight excluding hydrogens is 458 g/mol. The molecule has 0 spiro atoms. The number of nitrogens with one attached hydrogen (secondary N) is 1. The second kappa shape index (κ2) is 11.6. The monoisotopic (exact) mass is 495 g/mol. The fourth-order valence-corrected chi connectivity index (χ4v) is 5.29. The number of carbonyl (C=O) groups is 2. The van der Waals surface area contributed by atoms with E-state index in [0.29, 0.717) is 29.0 Å². The van der Waals surface area contributed by atoms with Gasteiger partial charge in [-0.05, 0) is 31.5 Å². The van der Waals surface area contributed by atoms with Crippen molar-refractivity contribution in [1.82, 2.24) is 4.90 Å².